The van der Waals surface area contributed by atoms with Crippen molar-refractivity contribution in [3.8, 4) is 11.1 Å². The zero-order valence-corrected chi connectivity index (χ0v) is 14.6. The second-order valence-corrected chi connectivity index (χ2v) is 6.52. The van der Waals surface area contributed by atoms with Gasteiger partial charge >= 0.3 is 0 Å². The highest BCUT2D eigenvalue weighted by molar-refractivity contribution is 5.87. The fourth-order valence-corrected chi connectivity index (χ4v) is 2.58. The summed E-state index contributed by atoms with van der Waals surface area (Å²) in [4.78, 5) is 12.5. The Labute approximate surface area is 142 Å². The molecule has 0 aliphatic heterocycles. The molecule has 2 rings (SSSR count). The number of rotatable bonds is 6. The van der Waals surface area contributed by atoms with Crippen molar-refractivity contribution in [3.05, 3.63) is 59.9 Å². The fourth-order valence-electron chi connectivity index (χ4n) is 2.58. The van der Waals surface area contributed by atoms with Crippen LogP contribution in [0.15, 0.2) is 48.5 Å². The van der Waals surface area contributed by atoms with Crippen molar-refractivity contribution in [2.75, 3.05) is 13.7 Å². The molecule has 0 radical (unpaired) electrons. The molecule has 3 nitrogen and oxygen atoms in total. The van der Waals surface area contributed by atoms with Crippen LogP contribution in [0.4, 0.5) is 4.39 Å². The van der Waals surface area contributed by atoms with Gasteiger partial charge < -0.3 is 10.1 Å². The topological polar surface area (TPSA) is 38.3 Å². The molecule has 24 heavy (non-hydrogen) atoms. The van der Waals surface area contributed by atoms with Gasteiger partial charge in [-0.25, -0.2) is 4.39 Å². The van der Waals surface area contributed by atoms with E-state index in [1.54, 1.807) is 27.0 Å². The molecule has 0 fully saturated rings. The molecule has 1 amide bonds. The summed E-state index contributed by atoms with van der Waals surface area (Å²) in [5, 5.41) is 2.90. The predicted molar refractivity (Wildman–Crippen MR) is 94.3 cm³/mol. The summed E-state index contributed by atoms with van der Waals surface area (Å²) in [5.41, 5.74) is 1.15. The molecule has 0 aromatic heterocycles. The molecule has 1 atom stereocenters. The van der Waals surface area contributed by atoms with Crippen molar-refractivity contribution < 1.29 is 13.9 Å². The first kappa shape index (κ1) is 18.1. The van der Waals surface area contributed by atoms with E-state index in [2.05, 4.69) is 5.32 Å². The smallest absolute Gasteiger partial charge is 0.230 e. The van der Waals surface area contributed by atoms with Gasteiger partial charge in [0.2, 0.25) is 5.91 Å². The Morgan fingerprint density at radius 2 is 1.88 bits per heavy atom. The first-order valence-electron chi connectivity index (χ1n) is 8.01. The van der Waals surface area contributed by atoms with Crippen LogP contribution in [0.2, 0.25) is 0 Å². The highest BCUT2D eigenvalue weighted by Gasteiger charge is 2.31. The third-order valence-electron chi connectivity index (χ3n) is 4.14. The maximum atomic E-state index is 14.6. The van der Waals surface area contributed by atoms with Crippen molar-refractivity contribution in [3.63, 3.8) is 0 Å². The first-order valence-corrected chi connectivity index (χ1v) is 8.01. The van der Waals surface area contributed by atoms with Gasteiger partial charge in [-0.15, -0.1) is 0 Å². The van der Waals surface area contributed by atoms with Crippen LogP contribution in [0.25, 0.3) is 11.1 Å². The molecule has 2 aromatic carbocycles. The van der Waals surface area contributed by atoms with Crippen molar-refractivity contribution in [1.29, 1.82) is 0 Å². The molecule has 0 saturated carbocycles. The van der Waals surface area contributed by atoms with E-state index in [1.165, 1.54) is 6.07 Å². The Morgan fingerprint density at radius 3 is 2.46 bits per heavy atom. The second kappa shape index (κ2) is 7.58. The van der Waals surface area contributed by atoms with E-state index >= 15 is 0 Å². The number of amides is 1. The molecule has 4 heteroatoms. The Kier molecular flexibility index (Phi) is 5.73. The van der Waals surface area contributed by atoms with E-state index in [1.807, 2.05) is 43.3 Å². The van der Waals surface area contributed by atoms with Gasteiger partial charge in [0.15, 0.2) is 0 Å². The quantitative estimate of drug-likeness (QED) is 0.872. The van der Waals surface area contributed by atoms with E-state index in [0.29, 0.717) is 17.7 Å². The number of carbonyl (C=O) groups is 1. The molecule has 0 aliphatic rings. The van der Waals surface area contributed by atoms with Crippen LogP contribution in [-0.2, 0) is 14.9 Å². The monoisotopic (exact) mass is 329 g/mol. The number of hydrogen-bond donors (Lipinski definition) is 1. The Hall–Kier alpha value is -2.20. The van der Waals surface area contributed by atoms with Crippen molar-refractivity contribution in [2.24, 2.45) is 0 Å². The number of benzene rings is 2. The number of carbonyl (C=O) groups excluding carboxylic acids is 1. The molecule has 0 bridgehead atoms. The van der Waals surface area contributed by atoms with Crippen LogP contribution in [0.5, 0.6) is 0 Å². The fraction of sp³-hybridized carbons (Fsp3) is 0.350. The second-order valence-electron chi connectivity index (χ2n) is 6.52. The highest BCUT2D eigenvalue weighted by atomic mass is 19.1. The Balaban J connectivity index is 2.25. The van der Waals surface area contributed by atoms with Gasteiger partial charge in [-0.3, -0.25) is 4.79 Å². The molecule has 0 spiro atoms. The Bertz CT molecular complexity index is 698. The van der Waals surface area contributed by atoms with E-state index in [0.717, 1.165) is 5.56 Å². The number of ether oxygens (including phenoxy) is 1. The van der Waals surface area contributed by atoms with E-state index < -0.39 is 5.41 Å². The lowest BCUT2D eigenvalue weighted by Gasteiger charge is -2.26. The number of methoxy groups -OCH3 is 1. The van der Waals surface area contributed by atoms with Gasteiger partial charge in [0.1, 0.15) is 5.82 Å². The van der Waals surface area contributed by atoms with Crippen molar-refractivity contribution >= 4 is 5.91 Å². The standard InChI is InChI=1S/C20H24FNO2/c1-14(13-24-4)22-19(23)20(2,3)16-10-11-17(18(21)12-16)15-8-6-5-7-9-15/h5-12,14H,13H2,1-4H3,(H,22,23). The highest BCUT2D eigenvalue weighted by Crippen LogP contribution is 2.29. The van der Waals surface area contributed by atoms with E-state index in [4.69, 9.17) is 4.74 Å². The van der Waals surface area contributed by atoms with Crippen LogP contribution in [0, 0.1) is 5.82 Å². The number of halogens is 1. The number of hydrogen-bond acceptors (Lipinski definition) is 2. The number of nitrogens with one attached hydrogen (secondary N) is 1. The maximum absolute atomic E-state index is 14.6. The zero-order valence-electron chi connectivity index (χ0n) is 14.6. The molecule has 128 valence electrons. The van der Waals surface area contributed by atoms with Crippen LogP contribution in [0.3, 0.4) is 0 Å². The third kappa shape index (κ3) is 4.01. The van der Waals surface area contributed by atoms with Gasteiger partial charge in [0, 0.05) is 18.7 Å². The molecule has 0 saturated heterocycles. The van der Waals surface area contributed by atoms with Crippen molar-refractivity contribution in [1.82, 2.24) is 5.32 Å². The third-order valence-corrected chi connectivity index (χ3v) is 4.14. The first-order chi connectivity index (χ1) is 11.4. The van der Waals surface area contributed by atoms with Gasteiger partial charge in [0.05, 0.1) is 12.0 Å². The van der Waals surface area contributed by atoms with E-state index in [-0.39, 0.29) is 17.8 Å². The minimum absolute atomic E-state index is 0.102. The van der Waals surface area contributed by atoms with Crippen LogP contribution in [-0.4, -0.2) is 25.7 Å². The zero-order chi connectivity index (χ0) is 17.7. The average molecular weight is 329 g/mol. The average Bonchev–Trinajstić information content (AvgIpc) is 2.55. The van der Waals surface area contributed by atoms with E-state index in [9.17, 15) is 9.18 Å². The van der Waals surface area contributed by atoms with Gasteiger partial charge in [0.25, 0.3) is 0 Å². The van der Waals surface area contributed by atoms with Gasteiger partial charge in [-0.1, -0.05) is 42.5 Å². The summed E-state index contributed by atoms with van der Waals surface area (Å²) in [6.07, 6.45) is 0. The summed E-state index contributed by atoms with van der Waals surface area (Å²) in [5.74, 6) is -0.483. The minimum Gasteiger partial charge on any atom is -0.383 e. The maximum Gasteiger partial charge on any atom is 0.230 e. The van der Waals surface area contributed by atoms with Crippen LogP contribution >= 0.6 is 0 Å². The van der Waals surface area contributed by atoms with Crippen LogP contribution in [0.1, 0.15) is 26.3 Å². The summed E-state index contributed by atoms with van der Waals surface area (Å²) >= 11 is 0. The lowest BCUT2D eigenvalue weighted by Crippen LogP contribution is -2.45. The SMILES string of the molecule is COCC(C)NC(=O)C(C)(C)c1ccc(-c2ccccc2)c(F)c1. The molecular formula is C20H24FNO2. The lowest BCUT2D eigenvalue weighted by atomic mass is 9.82. The van der Waals surface area contributed by atoms with Gasteiger partial charge in [-0.05, 0) is 38.0 Å². The molecule has 0 heterocycles. The summed E-state index contributed by atoms with van der Waals surface area (Å²) in [7, 11) is 1.59. The summed E-state index contributed by atoms with van der Waals surface area (Å²) < 4.78 is 19.6. The largest absolute Gasteiger partial charge is 0.383 e. The predicted octanol–water partition coefficient (Wildman–Crippen LogP) is 3.92. The van der Waals surface area contributed by atoms with Crippen molar-refractivity contribution in [2.45, 2.75) is 32.2 Å². The Morgan fingerprint density at radius 1 is 1.21 bits per heavy atom. The molecular weight excluding hydrogens is 305 g/mol. The lowest BCUT2D eigenvalue weighted by molar-refractivity contribution is -0.126. The summed E-state index contributed by atoms with van der Waals surface area (Å²) in [6, 6.07) is 14.3. The molecule has 1 unspecified atom stereocenters. The minimum atomic E-state index is -0.835. The summed E-state index contributed by atoms with van der Waals surface area (Å²) in [6.45, 7) is 5.89. The normalized spacial score (nSPS) is 12.7. The molecule has 1 N–H and O–H groups in total. The molecule has 0 aliphatic carbocycles. The molecule has 2 aromatic rings. The van der Waals surface area contributed by atoms with Crippen LogP contribution < -0.4 is 5.32 Å². The van der Waals surface area contributed by atoms with Gasteiger partial charge in [-0.2, -0.15) is 0 Å².